The molecule has 1 saturated heterocycles. The number of aliphatic hydroxyl groups is 2. The molecular weight excluding hydrogens is 296 g/mol. The van der Waals surface area contributed by atoms with E-state index < -0.39 is 24.5 Å². The summed E-state index contributed by atoms with van der Waals surface area (Å²) in [6.07, 6.45) is 0.275. The van der Waals surface area contributed by atoms with Crippen molar-refractivity contribution in [1.82, 2.24) is 9.97 Å². The lowest BCUT2D eigenvalue weighted by molar-refractivity contribution is -0.781. The zero-order valence-electron chi connectivity index (χ0n) is 11.6. The molecule has 114 valence electrons. The van der Waals surface area contributed by atoms with Crippen LogP contribution in [-0.4, -0.2) is 81.3 Å². The molecule has 0 radical (unpaired) electrons. The Kier molecular flexibility index (Phi) is 3.64. The second kappa shape index (κ2) is 5.20. The smallest absolute Gasteiger partial charge is 0.234 e. The fourth-order valence-electron chi connectivity index (χ4n) is 2.75. The second-order valence-corrected chi connectivity index (χ2v) is 5.62. The number of aliphatic imine (C=N–C) groups is 1. The molecule has 0 spiro atoms. The molecule has 2 aliphatic rings. The van der Waals surface area contributed by atoms with E-state index in [-0.39, 0.29) is 11.1 Å². The van der Waals surface area contributed by atoms with E-state index >= 15 is 0 Å². The van der Waals surface area contributed by atoms with E-state index in [1.54, 1.807) is 6.34 Å². The van der Waals surface area contributed by atoms with Gasteiger partial charge in [0.2, 0.25) is 11.2 Å². The molecule has 1 unspecified atom stereocenters. The third-order valence-corrected chi connectivity index (χ3v) is 4.58. The van der Waals surface area contributed by atoms with E-state index in [0.29, 0.717) is 16.5 Å². The van der Waals surface area contributed by atoms with Gasteiger partial charge in [-0.2, -0.15) is 4.99 Å². The van der Waals surface area contributed by atoms with Crippen molar-refractivity contribution in [1.29, 1.82) is 0 Å². The summed E-state index contributed by atoms with van der Waals surface area (Å²) in [4.78, 5) is 11.9. The van der Waals surface area contributed by atoms with E-state index in [4.69, 9.17) is 21.7 Å². The maximum absolute atomic E-state index is 10.2. The Morgan fingerprint density at radius 1 is 1.57 bits per heavy atom. The molecule has 1 fully saturated rings. The minimum Gasteiger partial charge on any atom is -0.394 e. The summed E-state index contributed by atoms with van der Waals surface area (Å²) in [7, 11) is 3.31. The topological polar surface area (TPSA) is 100.0 Å². The molecule has 0 aliphatic carbocycles. The molecule has 8 nitrogen and oxygen atoms in total. The summed E-state index contributed by atoms with van der Waals surface area (Å²) in [5.74, 6) is 0.529. The first kappa shape index (κ1) is 14.7. The first-order chi connectivity index (χ1) is 10.0. The first-order valence-corrected chi connectivity index (χ1v) is 6.90. The number of nitrogens with one attached hydrogen (secondary N) is 1. The number of imidazole rings is 1. The SMILES string of the molecule is CO[C@@H]1[C@H](O)[C@@H](CO)O[C@H]1[N+]1(C)C=Nc2nc[nH]c2C1=S. The molecule has 5 atom stereocenters. The third-order valence-electron chi connectivity index (χ3n) is 3.98. The Morgan fingerprint density at radius 3 is 3.00 bits per heavy atom. The van der Waals surface area contributed by atoms with Gasteiger partial charge in [-0.25, -0.2) is 9.47 Å². The highest BCUT2D eigenvalue weighted by Crippen LogP contribution is 2.34. The predicted octanol–water partition coefficient (Wildman–Crippen LogP) is -0.702. The number of quaternary nitrogens is 1. The minimum atomic E-state index is -0.931. The van der Waals surface area contributed by atoms with Crippen molar-refractivity contribution < 1.29 is 24.2 Å². The second-order valence-electron chi connectivity index (χ2n) is 5.24. The third kappa shape index (κ3) is 2.05. The number of aromatic nitrogens is 2. The van der Waals surface area contributed by atoms with Crippen LogP contribution in [0.4, 0.5) is 5.82 Å². The maximum atomic E-state index is 10.2. The average Bonchev–Trinajstić information content (AvgIpc) is 3.07. The number of nitrogens with zero attached hydrogens (tertiary/aromatic N) is 3. The summed E-state index contributed by atoms with van der Waals surface area (Å²) >= 11 is 5.53. The van der Waals surface area contributed by atoms with Gasteiger partial charge in [0.15, 0.2) is 24.0 Å². The zero-order chi connectivity index (χ0) is 15.2. The molecule has 3 N–H and O–H groups in total. The quantitative estimate of drug-likeness (QED) is 0.504. The van der Waals surface area contributed by atoms with Gasteiger partial charge < -0.3 is 24.7 Å². The molecule has 0 bridgehead atoms. The number of aromatic amines is 1. The van der Waals surface area contributed by atoms with Crippen LogP contribution in [0.5, 0.6) is 0 Å². The monoisotopic (exact) mass is 313 g/mol. The number of methoxy groups -OCH3 is 1. The van der Waals surface area contributed by atoms with Crippen molar-refractivity contribution in [3.63, 3.8) is 0 Å². The number of hydrogen-bond donors (Lipinski definition) is 3. The van der Waals surface area contributed by atoms with E-state index in [9.17, 15) is 10.2 Å². The number of aliphatic hydroxyl groups excluding tert-OH is 2. The fourth-order valence-corrected chi connectivity index (χ4v) is 3.05. The fraction of sp³-hybridized carbons (Fsp3) is 0.583. The summed E-state index contributed by atoms with van der Waals surface area (Å²) in [6.45, 7) is -0.295. The van der Waals surface area contributed by atoms with Gasteiger partial charge in [-0.1, -0.05) is 0 Å². The van der Waals surface area contributed by atoms with Crippen LogP contribution in [0.25, 0.3) is 0 Å². The van der Waals surface area contributed by atoms with Crippen LogP contribution in [0, 0.1) is 0 Å². The van der Waals surface area contributed by atoms with Crippen molar-refractivity contribution in [2.24, 2.45) is 4.99 Å². The van der Waals surface area contributed by atoms with Crippen LogP contribution in [-0.2, 0) is 9.47 Å². The van der Waals surface area contributed by atoms with Crippen LogP contribution in [0.1, 0.15) is 5.69 Å². The van der Waals surface area contributed by atoms with Crippen LogP contribution in [0.3, 0.4) is 0 Å². The lowest BCUT2D eigenvalue weighted by atomic mass is 10.1. The van der Waals surface area contributed by atoms with Gasteiger partial charge >= 0.3 is 0 Å². The normalized spacial score (nSPS) is 38.8. The maximum Gasteiger partial charge on any atom is 0.234 e. The van der Waals surface area contributed by atoms with Crippen molar-refractivity contribution in [3.05, 3.63) is 12.0 Å². The summed E-state index contributed by atoms with van der Waals surface area (Å²) < 4.78 is 11.2. The van der Waals surface area contributed by atoms with Gasteiger partial charge in [0.25, 0.3) is 0 Å². The Morgan fingerprint density at radius 2 is 2.33 bits per heavy atom. The Balaban J connectivity index is 1.98. The van der Waals surface area contributed by atoms with Crippen LogP contribution in [0.15, 0.2) is 11.3 Å². The molecular formula is C12H17N4O4S+. The number of rotatable bonds is 3. The van der Waals surface area contributed by atoms with Gasteiger partial charge in [0, 0.05) is 7.11 Å². The average molecular weight is 313 g/mol. The molecule has 3 rings (SSSR count). The van der Waals surface area contributed by atoms with Gasteiger partial charge in [-0.3, -0.25) is 0 Å². The first-order valence-electron chi connectivity index (χ1n) is 6.49. The van der Waals surface area contributed by atoms with Crippen LogP contribution < -0.4 is 0 Å². The number of fused-ring (bicyclic) bond motifs is 1. The molecule has 2 aliphatic heterocycles. The summed E-state index contributed by atoms with van der Waals surface area (Å²) in [5, 5.41) is 19.5. The lowest BCUT2D eigenvalue weighted by Gasteiger charge is -2.37. The van der Waals surface area contributed by atoms with E-state index in [1.165, 1.54) is 13.4 Å². The van der Waals surface area contributed by atoms with Crippen molar-refractivity contribution in [3.8, 4) is 0 Å². The van der Waals surface area contributed by atoms with Crippen LogP contribution in [0.2, 0.25) is 0 Å². The molecule has 0 aromatic carbocycles. The molecule has 1 aromatic rings. The summed E-state index contributed by atoms with van der Waals surface area (Å²) in [5.41, 5.74) is 0.649. The predicted molar refractivity (Wildman–Crippen MR) is 77.2 cm³/mol. The molecule has 9 heteroatoms. The number of thiocarbonyl (C=S) groups is 1. The molecule has 1 aromatic heterocycles. The Labute approximate surface area is 126 Å². The van der Waals surface area contributed by atoms with Crippen molar-refractivity contribution in [2.45, 2.75) is 24.5 Å². The Hall–Kier alpha value is -1.23. The van der Waals surface area contributed by atoms with E-state index in [1.807, 2.05) is 7.05 Å². The van der Waals surface area contributed by atoms with Gasteiger partial charge in [-0.15, -0.1) is 0 Å². The number of ether oxygens (including phenoxy) is 2. The van der Waals surface area contributed by atoms with E-state index in [2.05, 4.69) is 15.0 Å². The summed E-state index contributed by atoms with van der Waals surface area (Å²) in [6, 6.07) is 0. The van der Waals surface area contributed by atoms with Crippen LogP contribution >= 0.6 is 12.2 Å². The van der Waals surface area contributed by atoms with Gasteiger partial charge in [-0.05, 0) is 12.2 Å². The minimum absolute atomic E-state index is 0.0383. The number of H-pyrrole nitrogens is 1. The number of likely N-dealkylation sites (N-methyl/N-ethyl adjacent to an activating group) is 1. The lowest BCUT2D eigenvalue weighted by Crippen LogP contribution is -2.60. The van der Waals surface area contributed by atoms with Gasteiger partial charge in [0.1, 0.15) is 12.2 Å². The highest BCUT2D eigenvalue weighted by molar-refractivity contribution is 7.80. The van der Waals surface area contributed by atoms with Crippen molar-refractivity contribution >= 4 is 29.4 Å². The highest BCUT2D eigenvalue weighted by Gasteiger charge is 2.56. The van der Waals surface area contributed by atoms with E-state index in [0.717, 1.165) is 0 Å². The van der Waals surface area contributed by atoms with Gasteiger partial charge in [0.05, 0.1) is 20.0 Å². The molecule has 3 heterocycles. The van der Waals surface area contributed by atoms with Crippen molar-refractivity contribution in [2.75, 3.05) is 20.8 Å². The largest absolute Gasteiger partial charge is 0.394 e. The highest BCUT2D eigenvalue weighted by atomic mass is 32.1. The zero-order valence-corrected chi connectivity index (χ0v) is 12.4. The standard InChI is InChI=1S/C12H16N4O4S/c1-16(5-15-10-7(12(16)21)13-4-14-10)11-9(19-2)8(18)6(3-17)20-11/h4-6,8-9,11,17-18H,3H2,1-2H3/p+1/t6-,8-,9-,11-,16?/m1/s1. The molecule has 0 amide bonds. The Bertz CT molecular complexity index is 592. The number of hydrogen-bond acceptors (Lipinski definition) is 7. The molecule has 0 saturated carbocycles. The molecule has 21 heavy (non-hydrogen) atoms.